The largest absolute Gasteiger partial charge is 0.467 e. The molecule has 2 aromatic carbocycles. The van der Waals surface area contributed by atoms with Gasteiger partial charge < -0.3 is 14.6 Å². The van der Waals surface area contributed by atoms with Crippen molar-refractivity contribution in [2.75, 3.05) is 10.2 Å². The van der Waals surface area contributed by atoms with E-state index in [9.17, 15) is 14.4 Å². The van der Waals surface area contributed by atoms with Crippen LogP contribution in [0.15, 0.2) is 77.4 Å². The highest BCUT2D eigenvalue weighted by atomic mass is 35.5. The van der Waals surface area contributed by atoms with Crippen molar-refractivity contribution in [3.05, 3.63) is 83.8 Å². The van der Waals surface area contributed by atoms with Gasteiger partial charge in [0.05, 0.1) is 24.9 Å². The van der Waals surface area contributed by atoms with Gasteiger partial charge >= 0.3 is 6.03 Å². The van der Waals surface area contributed by atoms with E-state index in [1.165, 1.54) is 11.2 Å². The van der Waals surface area contributed by atoms with Crippen LogP contribution in [0.4, 0.5) is 16.2 Å². The van der Waals surface area contributed by atoms with Crippen LogP contribution >= 0.6 is 11.6 Å². The number of halogens is 1. The van der Waals surface area contributed by atoms with E-state index in [4.69, 9.17) is 16.0 Å². The Kier molecular flexibility index (Phi) is 5.54. The molecule has 152 valence electrons. The van der Waals surface area contributed by atoms with Crippen LogP contribution < -0.4 is 10.2 Å². The first-order valence-corrected chi connectivity index (χ1v) is 9.68. The van der Waals surface area contributed by atoms with Gasteiger partial charge in [0.1, 0.15) is 11.8 Å². The number of nitrogens with one attached hydrogen (secondary N) is 1. The number of hydrogen-bond acceptors (Lipinski definition) is 4. The van der Waals surface area contributed by atoms with Crippen LogP contribution in [0, 0.1) is 0 Å². The van der Waals surface area contributed by atoms with E-state index in [0.29, 0.717) is 22.2 Å². The fourth-order valence-electron chi connectivity index (χ4n) is 3.32. The molecule has 4 amide bonds. The molecule has 2 heterocycles. The van der Waals surface area contributed by atoms with Crippen LogP contribution in [0.2, 0.25) is 5.02 Å². The third-order valence-electron chi connectivity index (χ3n) is 4.75. The Morgan fingerprint density at radius 1 is 1.00 bits per heavy atom. The Morgan fingerprint density at radius 2 is 1.73 bits per heavy atom. The molecule has 1 atom stereocenters. The van der Waals surface area contributed by atoms with Crippen LogP contribution in [0.25, 0.3) is 0 Å². The van der Waals surface area contributed by atoms with Crippen molar-refractivity contribution in [3.8, 4) is 0 Å². The van der Waals surface area contributed by atoms with Gasteiger partial charge in [-0.15, -0.1) is 0 Å². The molecule has 0 aliphatic carbocycles. The predicted molar refractivity (Wildman–Crippen MR) is 112 cm³/mol. The second-order valence-corrected chi connectivity index (χ2v) is 7.21. The van der Waals surface area contributed by atoms with E-state index in [1.54, 1.807) is 60.7 Å². The molecule has 0 saturated carbocycles. The van der Waals surface area contributed by atoms with E-state index in [-0.39, 0.29) is 18.9 Å². The molecule has 0 spiro atoms. The molecule has 0 radical (unpaired) electrons. The highest BCUT2D eigenvalue weighted by molar-refractivity contribution is 6.30. The average Bonchev–Trinajstić information content (AvgIpc) is 3.33. The summed E-state index contributed by atoms with van der Waals surface area (Å²) >= 11 is 5.93. The summed E-state index contributed by atoms with van der Waals surface area (Å²) in [5.41, 5.74) is 1.01. The van der Waals surface area contributed by atoms with Gasteiger partial charge in [-0.3, -0.25) is 9.59 Å². The number of hydrogen-bond donors (Lipinski definition) is 1. The van der Waals surface area contributed by atoms with E-state index >= 15 is 0 Å². The molecular weight excluding hydrogens is 406 g/mol. The van der Waals surface area contributed by atoms with Gasteiger partial charge in [-0.2, -0.15) is 0 Å². The summed E-state index contributed by atoms with van der Waals surface area (Å²) in [5.74, 6) is -0.325. The van der Waals surface area contributed by atoms with E-state index in [1.807, 2.05) is 6.07 Å². The normalized spacial score (nSPS) is 16.2. The number of carbonyl (C=O) groups is 3. The quantitative estimate of drug-likeness (QED) is 0.599. The lowest BCUT2D eigenvalue weighted by molar-refractivity contribution is -0.124. The summed E-state index contributed by atoms with van der Waals surface area (Å²) < 4.78 is 5.34. The maximum absolute atomic E-state index is 13.1. The zero-order valence-electron chi connectivity index (χ0n) is 15.8. The first kappa shape index (κ1) is 19.7. The molecule has 3 aromatic rings. The molecule has 8 heteroatoms. The summed E-state index contributed by atoms with van der Waals surface area (Å²) in [6.07, 6.45) is 1.32. The molecule has 1 aliphatic heterocycles. The monoisotopic (exact) mass is 423 g/mol. The number of rotatable bonds is 6. The van der Waals surface area contributed by atoms with Gasteiger partial charge in [0.15, 0.2) is 0 Å². The van der Waals surface area contributed by atoms with E-state index in [0.717, 1.165) is 4.90 Å². The van der Waals surface area contributed by atoms with Crippen molar-refractivity contribution >= 4 is 40.8 Å². The minimum absolute atomic E-state index is 0.0744. The lowest BCUT2D eigenvalue weighted by Gasteiger charge is -2.20. The molecule has 1 aliphatic rings. The Balaban J connectivity index is 1.59. The second kappa shape index (κ2) is 8.42. The fraction of sp³-hybridized carbons (Fsp3) is 0.136. The third-order valence-corrected chi connectivity index (χ3v) is 5.00. The summed E-state index contributed by atoms with van der Waals surface area (Å²) in [5, 5.41) is 3.25. The van der Waals surface area contributed by atoms with Crippen molar-refractivity contribution in [2.24, 2.45) is 0 Å². The van der Waals surface area contributed by atoms with Crippen molar-refractivity contribution in [1.82, 2.24) is 4.90 Å². The van der Waals surface area contributed by atoms with Crippen molar-refractivity contribution in [3.63, 3.8) is 0 Å². The zero-order valence-corrected chi connectivity index (χ0v) is 16.6. The molecule has 30 heavy (non-hydrogen) atoms. The first-order valence-electron chi connectivity index (χ1n) is 9.30. The second-order valence-electron chi connectivity index (χ2n) is 6.77. The van der Waals surface area contributed by atoms with Gasteiger partial charge in [-0.05, 0) is 48.5 Å². The highest BCUT2D eigenvalue weighted by Gasteiger charge is 2.47. The average molecular weight is 424 g/mol. The van der Waals surface area contributed by atoms with E-state index in [2.05, 4.69) is 5.32 Å². The van der Waals surface area contributed by atoms with Gasteiger partial charge in [0.2, 0.25) is 5.91 Å². The Morgan fingerprint density at radius 3 is 2.40 bits per heavy atom. The van der Waals surface area contributed by atoms with Crippen LogP contribution in [-0.2, 0) is 16.1 Å². The molecule has 1 fully saturated rings. The van der Waals surface area contributed by atoms with Crippen molar-refractivity contribution in [2.45, 2.75) is 19.0 Å². The highest BCUT2D eigenvalue weighted by Crippen LogP contribution is 2.29. The molecule has 1 saturated heterocycles. The maximum atomic E-state index is 13.1. The Labute approximate surface area is 177 Å². The fourth-order valence-corrected chi connectivity index (χ4v) is 3.45. The molecule has 1 aromatic heterocycles. The molecule has 7 nitrogen and oxygen atoms in total. The molecular formula is C22H18ClN3O4. The molecule has 4 rings (SSSR count). The van der Waals surface area contributed by atoms with Crippen LogP contribution in [0.5, 0.6) is 0 Å². The zero-order chi connectivity index (χ0) is 21.1. The van der Waals surface area contributed by atoms with Crippen LogP contribution in [0.1, 0.15) is 12.2 Å². The van der Waals surface area contributed by atoms with E-state index < -0.39 is 18.0 Å². The number of benzene rings is 2. The summed E-state index contributed by atoms with van der Waals surface area (Å²) in [7, 11) is 0. The minimum atomic E-state index is -0.956. The van der Waals surface area contributed by atoms with Crippen LogP contribution in [0.3, 0.4) is 0 Å². The standard InChI is InChI=1S/C22H18ClN3O4/c23-15-8-10-17(11-9-15)26-21(28)19(13-20(27)24-16-5-2-1-3-6-16)25(22(26)29)14-18-7-4-12-30-18/h1-12,19H,13-14H2,(H,24,27)/t19-/m0/s1. The number of amides is 4. The third kappa shape index (κ3) is 4.06. The van der Waals surface area contributed by atoms with Gasteiger partial charge in [0.25, 0.3) is 5.91 Å². The summed E-state index contributed by atoms with van der Waals surface area (Å²) in [4.78, 5) is 41.3. The number of furan rings is 1. The summed E-state index contributed by atoms with van der Waals surface area (Å²) in [6, 6.07) is 17.3. The first-order chi connectivity index (χ1) is 14.5. The van der Waals surface area contributed by atoms with Crippen molar-refractivity contribution < 1.29 is 18.8 Å². The SMILES string of the molecule is O=C(C[C@H]1C(=O)N(c2ccc(Cl)cc2)C(=O)N1Cc1ccco1)Nc1ccccc1. The maximum Gasteiger partial charge on any atom is 0.332 e. The minimum Gasteiger partial charge on any atom is -0.467 e. The number of carbonyl (C=O) groups excluding carboxylic acids is 3. The molecule has 1 N–H and O–H groups in total. The van der Waals surface area contributed by atoms with Gasteiger partial charge in [-0.1, -0.05) is 29.8 Å². The number of para-hydroxylation sites is 1. The topological polar surface area (TPSA) is 82.9 Å². The Bertz CT molecular complexity index is 1050. The number of nitrogens with zero attached hydrogens (tertiary/aromatic N) is 2. The van der Waals surface area contributed by atoms with Gasteiger partial charge in [-0.25, -0.2) is 9.69 Å². The smallest absolute Gasteiger partial charge is 0.332 e. The van der Waals surface area contributed by atoms with Gasteiger partial charge in [0, 0.05) is 10.7 Å². The lowest BCUT2D eigenvalue weighted by atomic mass is 10.1. The summed E-state index contributed by atoms with van der Waals surface area (Å²) in [6.45, 7) is 0.0744. The number of imide groups is 1. The van der Waals surface area contributed by atoms with Crippen molar-refractivity contribution in [1.29, 1.82) is 0 Å². The number of anilines is 2. The molecule has 0 bridgehead atoms. The predicted octanol–water partition coefficient (Wildman–Crippen LogP) is 4.30. The lowest BCUT2D eigenvalue weighted by Crippen LogP contribution is -2.37. The Hall–Kier alpha value is -3.58. The molecule has 0 unspecified atom stereocenters. The van der Waals surface area contributed by atoms with Crippen LogP contribution in [-0.4, -0.2) is 28.8 Å². The number of urea groups is 1.